The Morgan fingerprint density at radius 2 is 2.54 bits per heavy atom. The molecule has 1 atom stereocenters. The molecule has 0 N–H and O–H groups in total. The van der Waals surface area contributed by atoms with E-state index in [4.69, 9.17) is 0 Å². The van der Waals surface area contributed by atoms with Gasteiger partial charge in [0.15, 0.2) is 0 Å². The third kappa shape index (κ3) is 3.83. The van der Waals surface area contributed by atoms with Crippen LogP contribution in [0.4, 0.5) is 0 Å². The summed E-state index contributed by atoms with van der Waals surface area (Å²) >= 11 is 3.41. The number of thioether (sulfide) groups is 1. The molecule has 0 aliphatic rings. The van der Waals surface area contributed by atoms with Gasteiger partial charge in [0.2, 0.25) is 0 Å². The lowest BCUT2D eigenvalue weighted by atomic mass is 10.3. The molecule has 0 saturated carbocycles. The Morgan fingerprint density at radius 1 is 1.77 bits per heavy atom. The molecule has 0 radical (unpaired) electrons. The number of hydrogen-bond acceptors (Lipinski definition) is 4. The molecule has 0 amide bonds. The molecule has 1 rings (SSSR count). The number of methoxy groups -OCH3 is 1. The summed E-state index contributed by atoms with van der Waals surface area (Å²) in [6.45, 7) is 2.03. The zero-order valence-electron chi connectivity index (χ0n) is 7.65. The van der Waals surface area contributed by atoms with Crippen molar-refractivity contribution in [2.24, 2.45) is 0 Å². The van der Waals surface area contributed by atoms with Crippen molar-refractivity contribution in [1.29, 1.82) is 0 Å². The summed E-state index contributed by atoms with van der Waals surface area (Å²) in [6, 6.07) is 4.07. The molecule has 13 heavy (non-hydrogen) atoms. The van der Waals surface area contributed by atoms with Crippen molar-refractivity contribution in [1.82, 2.24) is 0 Å². The molecule has 2 nitrogen and oxygen atoms in total. The molecule has 0 aromatic carbocycles. The maximum atomic E-state index is 10.9. The van der Waals surface area contributed by atoms with Crippen molar-refractivity contribution in [2.75, 3.05) is 7.11 Å². The first kappa shape index (κ1) is 10.6. The van der Waals surface area contributed by atoms with E-state index in [1.807, 2.05) is 18.4 Å². The second-order valence-corrected chi connectivity index (χ2v) is 5.33. The SMILES string of the molecule is COC(=O)C[C@H](C)Sc1cccs1. The second kappa shape index (κ2) is 5.29. The van der Waals surface area contributed by atoms with Crippen LogP contribution in [0.1, 0.15) is 13.3 Å². The highest BCUT2D eigenvalue weighted by atomic mass is 32.2. The van der Waals surface area contributed by atoms with Gasteiger partial charge in [0, 0.05) is 5.25 Å². The zero-order valence-corrected chi connectivity index (χ0v) is 9.28. The number of esters is 1. The standard InChI is InChI=1S/C9H12O2S2/c1-7(6-8(10)11-2)13-9-4-3-5-12-9/h3-5,7H,6H2,1-2H3/t7-/m0/s1. The van der Waals surface area contributed by atoms with Crippen LogP contribution in [0.5, 0.6) is 0 Å². The van der Waals surface area contributed by atoms with Gasteiger partial charge in [0.25, 0.3) is 0 Å². The zero-order chi connectivity index (χ0) is 9.68. The van der Waals surface area contributed by atoms with Crippen LogP contribution in [0.15, 0.2) is 21.7 Å². The fraction of sp³-hybridized carbons (Fsp3) is 0.444. The number of ether oxygens (including phenoxy) is 1. The Morgan fingerprint density at radius 3 is 3.08 bits per heavy atom. The minimum atomic E-state index is -0.142. The lowest BCUT2D eigenvalue weighted by Gasteiger charge is -2.07. The molecule has 0 bridgehead atoms. The van der Waals surface area contributed by atoms with E-state index in [1.165, 1.54) is 11.3 Å². The van der Waals surface area contributed by atoms with Crippen LogP contribution >= 0.6 is 23.1 Å². The molecule has 0 spiro atoms. The van der Waals surface area contributed by atoms with Gasteiger partial charge >= 0.3 is 5.97 Å². The van der Waals surface area contributed by atoms with Crippen molar-refractivity contribution in [3.63, 3.8) is 0 Å². The molecule has 72 valence electrons. The lowest BCUT2D eigenvalue weighted by molar-refractivity contribution is -0.140. The Hall–Kier alpha value is -0.480. The highest BCUT2D eigenvalue weighted by Gasteiger charge is 2.10. The highest BCUT2D eigenvalue weighted by molar-refractivity contribution is 8.01. The smallest absolute Gasteiger partial charge is 0.306 e. The summed E-state index contributed by atoms with van der Waals surface area (Å²) in [6.07, 6.45) is 0.471. The molecule has 0 aliphatic heterocycles. The number of thiophene rings is 1. The van der Waals surface area contributed by atoms with E-state index in [-0.39, 0.29) is 11.2 Å². The predicted octanol–water partition coefficient (Wildman–Crippen LogP) is 2.79. The largest absolute Gasteiger partial charge is 0.469 e. The molecular formula is C9H12O2S2. The monoisotopic (exact) mass is 216 g/mol. The Bertz CT molecular complexity index is 257. The summed E-state index contributed by atoms with van der Waals surface area (Å²) in [5.74, 6) is -0.142. The fourth-order valence-electron chi connectivity index (χ4n) is 0.889. The first-order chi connectivity index (χ1) is 6.22. The van der Waals surface area contributed by atoms with E-state index in [1.54, 1.807) is 23.1 Å². The van der Waals surface area contributed by atoms with Crippen molar-refractivity contribution in [2.45, 2.75) is 22.8 Å². The average molecular weight is 216 g/mol. The van der Waals surface area contributed by atoms with Crippen LogP contribution < -0.4 is 0 Å². The van der Waals surface area contributed by atoms with Gasteiger partial charge in [-0.15, -0.1) is 23.1 Å². The Balaban J connectivity index is 2.33. The van der Waals surface area contributed by atoms with Gasteiger partial charge in [0.1, 0.15) is 0 Å². The van der Waals surface area contributed by atoms with E-state index in [0.717, 1.165) is 0 Å². The van der Waals surface area contributed by atoms with Crippen LogP contribution in [0, 0.1) is 0 Å². The van der Waals surface area contributed by atoms with Gasteiger partial charge in [-0.25, -0.2) is 0 Å². The minimum absolute atomic E-state index is 0.142. The van der Waals surface area contributed by atoms with Crippen LogP contribution in [-0.2, 0) is 9.53 Å². The topological polar surface area (TPSA) is 26.3 Å². The summed E-state index contributed by atoms with van der Waals surface area (Å²) in [4.78, 5) is 10.9. The fourth-order valence-corrected chi connectivity index (χ4v) is 2.99. The first-order valence-electron chi connectivity index (χ1n) is 3.99. The van der Waals surface area contributed by atoms with E-state index in [0.29, 0.717) is 6.42 Å². The molecule has 0 fully saturated rings. The maximum absolute atomic E-state index is 10.9. The lowest BCUT2D eigenvalue weighted by Crippen LogP contribution is -2.07. The Labute approximate surface area is 86.3 Å². The summed E-state index contributed by atoms with van der Waals surface area (Å²) in [7, 11) is 1.42. The summed E-state index contributed by atoms with van der Waals surface area (Å²) in [5.41, 5.74) is 0. The van der Waals surface area contributed by atoms with Crippen LogP contribution in [0.25, 0.3) is 0 Å². The van der Waals surface area contributed by atoms with Gasteiger partial charge in [-0.2, -0.15) is 0 Å². The van der Waals surface area contributed by atoms with Crippen LogP contribution in [0.2, 0.25) is 0 Å². The second-order valence-electron chi connectivity index (χ2n) is 2.64. The van der Waals surface area contributed by atoms with Crippen molar-refractivity contribution >= 4 is 29.1 Å². The van der Waals surface area contributed by atoms with Crippen molar-refractivity contribution in [3.05, 3.63) is 17.5 Å². The molecule has 0 unspecified atom stereocenters. The van der Waals surface area contributed by atoms with E-state index < -0.39 is 0 Å². The molecule has 0 aliphatic carbocycles. The van der Waals surface area contributed by atoms with Gasteiger partial charge in [-0.1, -0.05) is 13.0 Å². The number of rotatable bonds is 4. The average Bonchev–Trinajstić information content (AvgIpc) is 2.56. The molecule has 1 heterocycles. The van der Waals surface area contributed by atoms with E-state index >= 15 is 0 Å². The third-order valence-corrected chi connectivity index (χ3v) is 3.67. The van der Waals surface area contributed by atoms with Crippen molar-refractivity contribution in [3.8, 4) is 0 Å². The Kier molecular flexibility index (Phi) is 4.32. The molecule has 1 aromatic heterocycles. The summed E-state index contributed by atoms with van der Waals surface area (Å²) < 4.78 is 5.84. The number of hydrogen-bond donors (Lipinski definition) is 0. The third-order valence-electron chi connectivity index (χ3n) is 1.49. The van der Waals surface area contributed by atoms with Gasteiger partial charge < -0.3 is 4.74 Å². The first-order valence-corrected chi connectivity index (χ1v) is 5.75. The number of carbonyl (C=O) groups is 1. The van der Waals surface area contributed by atoms with Gasteiger partial charge in [0.05, 0.1) is 17.7 Å². The van der Waals surface area contributed by atoms with Crippen LogP contribution in [-0.4, -0.2) is 18.3 Å². The normalized spacial score (nSPS) is 12.5. The predicted molar refractivity (Wildman–Crippen MR) is 56.3 cm³/mol. The van der Waals surface area contributed by atoms with Crippen molar-refractivity contribution < 1.29 is 9.53 Å². The minimum Gasteiger partial charge on any atom is -0.469 e. The maximum Gasteiger partial charge on any atom is 0.306 e. The van der Waals surface area contributed by atoms with Crippen LogP contribution in [0.3, 0.4) is 0 Å². The van der Waals surface area contributed by atoms with E-state index in [2.05, 4.69) is 10.8 Å². The van der Waals surface area contributed by atoms with Gasteiger partial charge in [-0.3, -0.25) is 4.79 Å². The molecule has 0 saturated heterocycles. The molecule has 1 aromatic rings. The highest BCUT2D eigenvalue weighted by Crippen LogP contribution is 2.29. The quantitative estimate of drug-likeness (QED) is 0.572. The van der Waals surface area contributed by atoms with E-state index in [9.17, 15) is 4.79 Å². The van der Waals surface area contributed by atoms with Gasteiger partial charge in [-0.05, 0) is 11.4 Å². The molecule has 4 heteroatoms. The summed E-state index contributed by atoms with van der Waals surface area (Å²) in [5, 5.41) is 2.32. The number of carbonyl (C=O) groups excluding carboxylic acids is 1. The molecular weight excluding hydrogens is 204 g/mol.